The molecule has 1 saturated heterocycles. The number of ether oxygens (including phenoxy) is 3. The molecule has 8 nitrogen and oxygen atoms in total. The number of benzene rings is 2. The van der Waals surface area contributed by atoms with Gasteiger partial charge in [-0.15, -0.1) is 0 Å². The number of carbonyl (C=O) groups is 1. The highest BCUT2D eigenvalue weighted by atomic mass is 35.5. The standard InChI is InChI=1S/C26H24ClFN4O4/c1-15-7-9-17(10-8-15)25(33)35-14-19-20(28)21(34-13-16-5-3-2-4-6-16)24(36-19)32-12-11-18-22(27)30-26(29)31-23(18)32/h2-12,19-21,24H,13-14H2,1H3,(H2,29,30,31)/t19-,20-,21-,24-/m1/s1. The topological polar surface area (TPSA) is 101 Å². The average molecular weight is 511 g/mol. The molecule has 0 aliphatic carbocycles. The third-order valence-electron chi connectivity index (χ3n) is 6.03. The van der Waals surface area contributed by atoms with E-state index in [1.54, 1.807) is 41.1 Å². The van der Waals surface area contributed by atoms with Gasteiger partial charge in [-0.3, -0.25) is 0 Å². The minimum atomic E-state index is -1.59. The molecule has 0 radical (unpaired) electrons. The zero-order valence-electron chi connectivity index (χ0n) is 19.4. The third-order valence-corrected chi connectivity index (χ3v) is 6.32. The third kappa shape index (κ3) is 4.90. The summed E-state index contributed by atoms with van der Waals surface area (Å²) in [5.74, 6) is -0.581. The van der Waals surface area contributed by atoms with Crippen LogP contribution in [0.5, 0.6) is 0 Å². The quantitative estimate of drug-likeness (QED) is 0.285. The number of aromatic nitrogens is 3. The SMILES string of the molecule is Cc1ccc(C(=O)OC[C@H]2O[C@@H](n3ccc4c(Cl)nc(N)nc43)[C@H](OCc3ccccc3)[C@@H]2F)cc1. The average Bonchev–Trinajstić information content (AvgIpc) is 3.43. The van der Waals surface area contributed by atoms with E-state index < -0.39 is 30.6 Å². The van der Waals surface area contributed by atoms with E-state index in [-0.39, 0.29) is 24.3 Å². The number of alkyl halides is 1. The highest BCUT2D eigenvalue weighted by Crippen LogP contribution is 2.37. The fraction of sp³-hybridized carbons (Fsp3) is 0.269. The summed E-state index contributed by atoms with van der Waals surface area (Å²) in [6.07, 6.45) is -2.90. The molecule has 1 aliphatic heterocycles. The molecular weight excluding hydrogens is 487 g/mol. The molecule has 5 rings (SSSR count). The number of nitrogen functional groups attached to an aromatic ring is 1. The number of rotatable bonds is 7. The molecule has 0 saturated carbocycles. The monoisotopic (exact) mass is 510 g/mol. The van der Waals surface area contributed by atoms with Gasteiger partial charge >= 0.3 is 5.97 Å². The van der Waals surface area contributed by atoms with Crippen LogP contribution in [-0.2, 0) is 20.8 Å². The predicted octanol–water partition coefficient (Wildman–Crippen LogP) is 4.65. The van der Waals surface area contributed by atoms with Crippen LogP contribution < -0.4 is 5.73 Å². The Balaban J connectivity index is 1.39. The van der Waals surface area contributed by atoms with Crippen molar-refractivity contribution in [3.8, 4) is 0 Å². The molecule has 10 heteroatoms. The Kier molecular flexibility index (Phi) is 6.86. The molecule has 1 aliphatic rings. The van der Waals surface area contributed by atoms with Crippen LogP contribution in [0.15, 0.2) is 66.9 Å². The summed E-state index contributed by atoms with van der Waals surface area (Å²) in [6.45, 7) is 1.80. The maximum absolute atomic E-state index is 15.7. The number of hydrogen-bond acceptors (Lipinski definition) is 7. The summed E-state index contributed by atoms with van der Waals surface area (Å²) in [4.78, 5) is 20.7. The van der Waals surface area contributed by atoms with Crippen LogP contribution in [0.2, 0.25) is 5.15 Å². The molecule has 0 amide bonds. The number of halogens is 2. The van der Waals surface area contributed by atoms with E-state index in [1.807, 2.05) is 37.3 Å². The molecule has 0 spiro atoms. The predicted molar refractivity (Wildman–Crippen MR) is 132 cm³/mol. The van der Waals surface area contributed by atoms with E-state index in [0.29, 0.717) is 16.6 Å². The van der Waals surface area contributed by atoms with Crippen LogP contribution in [-0.4, -0.2) is 45.5 Å². The van der Waals surface area contributed by atoms with Crippen LogP contribution in [0.1, 0.15) is 27.7 Å². The molecule has 0 bridgehead atoms. The Morgan fingerprint density at radius 3 is 2.64 bits per heavy atom. The molecule has 36 heavy (non-hydrogen) atoms. The molecule has 186 valence electrons. The van der Waals surface area contributed by atoms with Crippen molar-refractivity contribution >= 4 is 34.6 Å². The van der Waals surface area contributed by atoms with Crippen LogP contribution >= 0.6 is 11.6 Å². The van der Waals surface area contributed by atoms with Crippen LogP contribution in [0.3, 0.4) is 0 Å². The molecular formula is C26H24ClFN4O4. The molecule has 2 aromatic carbocycles. The van der Waals surface area contributed by atoms with Gasteiger partial charge in [0.05, 0.1) is 17.6 Å². The first-order chi connectivity index (χ1) is 17.4. The lowest BCUT2D eigenvalue weighted by molar-refractivity contribution is -0.0753. The smallest absolute Gasteiger partial charge is 0.338 e. The van der Waals surface area contributed by atoms with Gasteiger partial charge in [0, 0.05) is 6.20 Å². The largest absolute Gasteiger partial charge is 0.459 e. The van der Waals surface area contributed by atoms with Crippen LogP contribution in [0.4, 0.5) is 10.3 Å². The Morgan fingerprint density at radius 1 is 1.14 bits per heavy atom. The number of nitrogens with zero attached hydrogens (tertiary/aromatic N) is 3. The number of fused-ring (bicyclic) bond motifs is 1. The lowest BCUT2D eigenvalue weighted by Crippen LogP contribution is -2.33. The Labute approximate surface area is 211 Å². The van der Waals surface area contributed by atoms with Crippen LogP contribution in [0.25, 0.3) is 11.0 Å². The Hall–Kier alpha value is -3.53. The van der Waals surface area contributed by atoms with Gasteiger partial charge in [0.15, 0.2) is 12.4 Å². The zero-order chi connectivity index (χ0) is 25.2. The van der Waals surface area contributed by atoms with E-state index in [0.717, 1.165) is 11.1 Å². The molecule has 3 heterocycles. The van der Waals surface area contributed by atoms with Gasteiger partial charge in [-0.05, 0) is 30.7 Å². The van der Waals surface area contributed by atoms with Crippen molar-refractivity contribution in [3.05, 3.63) is 88.7 Å². The zero-order valence-corrected chi connectivity index (χ0v) is 20.1. The summed E-state index contributed by atoms with van der Waals surface area (Å²) in [5.41, 5.74) is 8.45. The first-order valence-corrected chi connectivity index (χ1v) is 11.8. The maximum Gasteiger partial charge on any atom is 0.338 e. The second-order valence-electron chi connectivity index (χ2n) is 8.57. The van der Waals surface area contributed by atoms with E-state index >= 15 is 4.39 Å². The normalized spacial score (nSPS) is 21.6. The van der Waals surface area contributed by atoms with Crippen molar-refractivity contribution in [2.75, 3.05) is 12.3 Å². The second kappa shape index (κ2) is 10.2. The fourth-order valence-electron chi connectivity index (χ4n) is 4.14. The van der Waals surface area contributed by atoms with Gasteiger partial charge in [0.2, 0.25) is 5.95 Å². The molecule has 4 atom stereocenters. The van der Waals surface area contributed by atoms with Crippen molar-refractivity contribution in [2.45, 2.75) is 38.1 Å². The van der Waals surface area contributed by atoms with Gasteiger partial charge in [-0.1, -0.05) is 59.6 Å². The van der Waals surface area contributed by atoms with E-state index in [9.17, 15) is 4.79 Å². The van der Waals surface area contributed by atoms with Gasteiger partial charge in [-0.25, -0.2) is 14.2 Å². The number of esters is 1. The van der Waals surface area contributed by atoms with E-state index in [1.165, 1.54) is 0 Å². The van der Waals surface area contributed by atoms with Crippen molar-refractivity contribution in [3.63, 3.8) is 0 Å². The van der Waals surface area contributed by atoms with Crippen molar-refractivity contribution in [2.24, 2.45) is 0 Å². The fourth-order valence-corrected chi connectivity index (χ4v) is 4.38. The van der Waals surface area contributed by atoms with Gasteiger partial charge in [0.25, 0.3) is 0 Å². The van der Waals surface area contributed by atoms with Gasteiger partial charge < -0.3 is 24.5 Å². The first kappa shape index (κ1) is 24.2. The maximum atomic E-state index is 15.7. The number of carbonyl (C=O) groups excluding carboxylic acids is 1. The summed E-state index contributed by atoms with van der Waals surface area (Å²) >= 11 is 6.22. The molecule has 2 aromatic heterocycles. The molecule has 4 aromatic rings. The summed E-state index contributed by atoms with van der Waals surface area (Å²) in [5, 5.41) is 0.720. The summed E-state index contributed by atoms with van der Waals surface area (Å²) < 4.78 is 34.8. The van der Waals surface area contributed by atoms with E-state index in [2.05, 4.69) is 9.97 Å². The highest BCUT2D eigenvalue weighted by Gasteiger charge is 2.48. The minimum absolute atomic E-state index is 0.0208. The molecule has 0 unspecified atom stereocenters. The Bertz CT molecular complexity index is 1370. The number of anilines is 1. The lowest BCUT2D eigenvalue weighted by Gasteiger charge is -2.22. The first-order valence-electron chi connectivity index (χ1n) is 11.4. The molecule has 2 N–H and O–H groups in total. The van der Waals surface area contributed by atoms with Crippen molar-refractivity contribution in [1.82, 2.24) is 14.5 Å². The second-order valence-corrected chi connectivity index (χ2v) is 8.93. The number of nitrogens with two attached hydrogens (primary N) is 1. The lowest BCUT2D eigenvalue weighted by atomic mass is 10.1. The van der Waals surface area contributed by atoms with Gasteiger partial charge in [-0.2, -0.15) is 4.98 Å². The van der Waals surface area contributed by atoms with Crippen molar-refractivity contribution < 1.29 is 23.4 Å². The van der Waals surface area contributed by atoms with E-state index in [4.69, 9.17) is 31.5 Å². The van der Waals surface area contributed by atoms with Gasteiger partial charge in [0.1, 0.15) is 29.6 Å². The minimum Gasteiger partial charge on any atom is -0.459 e. The Morgan fingerprint density at radius 2 is 1.89 bits per heavy atom. The summed E-state index contributed by atoms with van der Waals surface area (Å²) in [6, 6.07) is 18.1. The summed E-state index contributed by atoms with van der Waals surface area (Å²) in [7, 11) is 0. The highest BCUT2D eigenvalue weighted by molar-refractivity contribution is 6.34. The number of aryl methyl sites for hydroxylation is 1. The number of hydrogen-bond donors (Lipinski definition) is 1. The van der Waals surface area contributed by atoms with Crippen molar-refractivity contribution in [1.29, 1.82) is 0 Å². The molecule has 1 fully saturated rings. The van der Waals surface area contributed by atoms with Crippen LogP contribution in [0, 0.1) is 6.92 Å².